The number of rotatable bonds is 7. The van der Waals surface area contributed by atoms with Gasteiger partial charge in [0.05, 0.1) is 6.61 Å². The standard InChI is InChI=1S/C24H38N2O4/c1-19-7-5-14-25(19)15-6-18-28-20-8-10-21(11-9-20)29-22-12-16-26(17-13-22)23(27)30-24(2,3)4/h8-11,19,22H,5-7,12-18H2,1-4H3/t19-/m1/s1. The maximum absolute atomic E-state index is 12.2. The van der Waals surface area contributed by atoms with Crippen LogP contribution in [0.4, 0.5) is 4.79 Å². The van der Waals surface area contributed by atoms with Gasteiger partial charge in [-0.1, -0.05) is 0 Å². The van der Waals surface area contributed by atoms with E-state index in [1.54, 1.807) is 4.90 Å². The highest BCUT2D eigenvalue weighted by molar-refractivity contribution is 5.68. The minimum Gasteiger partial charge on any atom is -0.494 e. The number of benzene rings is 1. The quantitative estimate of drug-likeness (QED) is 0.600. The van der Waals surface area contributed by atoms with E-state index in [1.807, 2.05) is 45.0 Å². The number of likely N-dealkylation sites (tertiary alicyclic amines) is 2. The molecule has 6 nitrogen and oxygen atoms in total. The van der Waals surface area contributed by atoms with Crippen molar-refractivity contribution in [2.45, 2.75) is 77.5 Å². The van der Waals surface area contributed by atoms with E-state index in [0.29, 0.717) is 13.1 Å². The van der Waals surface area contributed by atoms with E-state index < -0.39 is 5.60 Å². The number of hydrogen-bond donors (Lipinski definition) is 0. The van der Waals surface area contributed by atoms with Crippen LogP contribution in [-0.4, -0.2) is 66.4 Å². The minimum absolute atomic E-state index is 0.123. The smallest absolute Gasteiger partial charge is 0.410 e. The Labute approximate surface area is 181 Å². The second kappa shape index (κ2) is 10.4. The van der Waals surface area contributed by atoms with Gasteiger partial charge in [-0.25, -0.2) is 4.79 Å². The van der Waals surface area contributed by atoms with Gasteiger partial charge in [-0.3, -0.25) is 0 Å². The van der Waals surface area contributed by atoms with E-state index >= 15 is 0 Å². The fourth-order valence-electron chi connectivity index (χ4n) is 4.07. The summed E-state index contributed by atoms with van der Waals surface area (Å²) in [6.45, 7) is 12.4. The summed E-state index contributed by atoms with van der Waals surface area (Å²) in [6, 6.07) is 8.61. The normalized spacial score (nSPS) is 20.9. The first-order chi connectivity index (χ1) is 14.3. The molecule has 168 valence electrons. The minimum atomic E-state index is -0.457. The van der Waals surface area contributed by atoms with E-state index in [-0.39, 0.29) is 12.2 Å². The third-order valence-electron chi connectivity index (χ3n) is 5.77. The molecule has 0 bridgehead atoms. The maximum Gasteiger partial charge on any atom is 0.410 e. The molecule has 2 aliphatic heterocycles. The van der Waals surface area contributed by atoms with Crippen molar-refractivity contribution in [3.05, 3.63) is 24.3 Å². The second-order valence-electron chi connectivity index (χ2n) is 9.49. The molecule has 0 unspecified atom stereocenters. The van der Waals surface area contributed by atoms with Crippen molar-refractivity contribution in [2.75, 3.05) is 32.8 Å². The summed E-state index contributed by atoms with van der Waals surface area (Å²) in [5.41, 5.74) is -0.457. The third kappa shape index (κ3) is 7.08. The molecular formula is C24H38N2O4. The summed E-state index contributed by atoms with van der Waals surface area (Å²) in [4.78, 5) is 16.5. The number of nitrogens with zero attached hydrogens (tertiary/aromatic N) is 2. The Kier molecular flexibility index (Phi) is 7.87. The molecule has 30 heavy (non-hydrogen) atoms. The fourth-order valence-corrected chi connectivity index (χ4v) is 4.07. The highest BCUT2D eigenvalue weighted by Gasteiger charge is 2.27. The first kappa shape index (κ1) is 22.7. The molecule has 1 aromatic carbocycles. The van der Waals surface area contributed by atoms with Crippen molar-refractivity contribution < 1.29 is 19.0 Å². The van der Waals surface area contributed by atoms with E-state index in [0.717, 1.165) is 50.0 Å². The molecule has 2 aliphatic rings. The SMILES string of the molecule is C[C@@H]1CCCN1CCCOc1ccc(OC2CCN(C(=O)OC(C)(C)C)CC2)cc1. The average Bonchev–Trinajstić information content (AvgIpc) is 3.10. The number of ether oxygens (including phenoxy) is 3. The second-order valence-corrected chi connectivity index (χ2v) is 9.49. The van der Waals surface area contributed by atoms with Crippen molar-refractivity contribution in [1.29, 1.82) is 0 Å². The molecule has 0 N–H and O–H groups in total. The van der Waals surface area contributed by atoms with Crippen molar-refractivity contribution >= 4 is 6.09 Å². The van der Waals surface area contributed by atoms with Gasteiger partial charge < -0.3 is 24.0 Å². The summed E-state index contributed by atoms with van der Waals surface area (Å²) < 4.78 is 17.4. The van der Waals surface area contributed by atoms with Gasteiger partial charge in [-0.05, 0) is 77.8 Å². The van der Waals surface area contributed by atoms with Crippen molar-refractivity contribution in [1.82, 2.24) is 9.80 Å². The summed E-state index contributed by atoms with van der Waals surface area (Å²) >= 11 is 0. The lowest BCUT2D eigenvalue weighted by molar-refractivity contribution is 0.0126. The van der Waals surface area contributed by atoms with Gasteiger partial charge in [-0.15, -0.1) is 0 Å². The average molecular weight is 419 g/mol. The van der Waals surface area contributed by atoms with Crippen molar-refractivity contribution in [3.8, 4) is 11.5 Å². The molecule has 0 aliphatic carbocycles. The van der Waals surface area contributed by atoms with Gasteiger partial charge >= 0.3 is 6.09 Å². The summed E-state index contributed by atoms with van der Waals surface area (Å²) in [7, 11) is 0. The zero-order valence-corrected chi connectivity index (χ0v) is 19.1. The molecule has 0 aromatic heterocycles. The van der Waals surface area contributed by atoms with Crippen molar-refractivity contribution in [2.24, 2.45) is 0 Å². The lowest BCUT2D eigenvalue weighted by Gasteiger charge is -2.33. The highest BCUT2D eigenvalue weighted by atomic mass is 16.6. The molecule has 6 heteroatoms. The van der Waals surface area contributed by atoms with Gasteiger partial charge in [0, 0.05) is 38.5 Å². The topological polar surface area (TPSA) is 51.2 Å². The predicted molar refractivity (Wildman–Crippen MR) is 118 cm³/mol. The van der Waals surface area contributed by atoms with Gasteiger partial charge in [0.2, 0.25) is 0 Å². The Morgan fingerprint density at radius 3 is 2.30 bits per heavy atom. The molecule has 1 atom stereocenters. The summed E-state index contributed by atoms with van der Waals surface area (Å²) in [6.07, 6.45) is 5.21. The molecule has 3 rings (SSSR count). The predicted octanol–water partition coefficient (Wildman–Crippen LogP) is 4.72. The van der Waals surface area contributed by atoms with Crippen LogP contribution < -0.4 is 9.47 Å². The lowest BCUT2D eigenvalue weighted by Crippen LogP contribution is -2.44. The molecule has 2 saturated heterocycles. The Bertz CT molecular complexity index is 663. The Balaban J connectivity index is 1.34. The lowest BCUT2D eigenvalue weighted by atomic mass is 10.1. The maximum atomic E-state index is 12.2. The molecular weight excluding hydrogens is 380 g/mol. The van der Waals surface area contributed by atoms with E-state index in [1.165, 1.54) is 19.4 Å². The van der Waals surface area contributed by atoms with Crippen LogP contribution >= 0.6 is 0 Å². The molecule has 2 fully saturated rings. The van der Waals surface area contributed by atoms with Crippen LogP contribution in [-0.2, 0) is 4.74 Å². The Morgan fingerprint density at radius 1 is 1.03 bits per heavy atom. The molecule has 1 aromatic rings. The van der Waals surface area contributed by atoms with Crippen LogP contribution in [0.1, 0.15) is 59.8 Å². The monoisotopic (exact) mass is 418 g/mol. The molecule has 1 amide bonds. The fraction of sp³-hybridized carbons (Fsp3) is 0.708. The highest BCUT2D eigenvalue weighted by Crippen LogP contribution is 2.23. The zero-order chi connectivity index (χ0) is 21.6. The van der Waals surface area contributed by atoms with Crippen LogP contribution in [0.15, 0.2) is 24.3 Å². The van der Waals surface area contributed by atoms with Crippen molar-refractivity contribution in [3.63, 3.8) is 0 Å². The van der Waals surface area contributed by atoms with Gasteiger partial charge in [0.1, 0.15) is 23.2 Å². The first-order valence-corrected chi connectivity index (χ1v) is 11.4. The largest absolute Gasteiger partial charge is 0.494 e. The molecule has 0 spiro atoms. The van der Waals surface area contributed by atoms with E-state index in [9.17, 15) is 4.79 Å². The molecule has 0 saturated carbocycles. The van der Waals surface area contributed by atoms with E-state index in [2.05, 4.69) is 11.8 Å². The van der Waals surface area contributed by atoms with Crippen LogP contribution in [0, 0.1) is 0 Å². The van der Waals surface area contributed by atoms with Gasteiger partial charge in [-0.2, -0.15) is 0 Å². The number of amides is 1. The number of hydrogen-bond acceptors (Lipinski definition) is 5. The zero-order valence-electron chi connectivity index (χ0n) is 19.1. The molecule has 2 heterocycles. The summed E-state index contributed by atoms with van der Waals surface area (Å²) in [5, 5.41) is 0. The number of carbonyl (C=O) groups is 1. The molecule has 0 radical (unpaired) electrons. The summed E-state index contributed by atoms with van der Waals surface area (Å²) in [5.74, 6) is 1.74. The van der Waals surface area contributed by atoms with Crippen LogP contribution in [0.25, 0.3) is 0 Å². The van der Waals surface area contributed by atoms with Gasteiger partial charge in [0.25, 0.3) is 0 Å². The first-order valence-electron chi connectivity index (χ1n) is 11.4. The van der Waals surface area contributed by atoms with Crippen LogP contribution in [0.2, 0.25) is 0 Å². The number of piperidine rings is 1. The van der Waals surface area contributed by atoms with Crippen LogP contribution in [0.5, 0.6) is 11.5 Å². The third-order valence-corrected chi connectivity index (χ3v) is 5.77. The van der Waals surface area contributed by atoms with E-state index in [4.69, 9.17) is 14.2 Å². The Morgan fingerprint density at radius 2 is 1.70 bits per heavy atom. The van der Waals surface area contributed by atoms with Crippen LogP contribution in [0.3, 0.4) is 0 Å². The number of carbonyl (C=O) groups excluding carboxylic acids is 1. The Hall–Kier alpha value is -1.95. The van der Waals surface area contributed by atoms with Gasteiger partial charge in [0.15, 0.2) is 0 Å².